The lowest BCUT2D eigenvalue weighted by Crippen LogP contribution is -2.03. The Morgan fingerprint density at radius 2 is 0.842 bits per heavy atom. The van der Waals surface area contributed by atoms with Gasteiger partial charge in [0.2, 0.25) is 0 Å². The molecule has 38 heavy (non-hydrogen) atoms. The Labute approximate surface area is 238 Å². The molecule has 1 fully saturated rings. The molecule has 1 aliphatic rings. The average molecular weight is 533 g/mol. The molecule has 0 bridgehead atoms. The van der Waals surface area contributed by atoms with E-state index in [0.717, 1.165) is 12.4 Å². The molecule has 1 aliphatic heterocycles. The van der Waals surface area contributed by atoms with E-state index in [1.54, 1.807) is 14.2 Å². The summed E-state index contributed by atoms with van der Waals surface area (Å²) < 4.78 is 14.7. The molecule has 1 atom stereocenters. The van der Waals surface area contributed by atoms with Crippen LogP contribution in [0.3, 0.4) is 0 Å². The van der Waals surface area contributed by atoms with Crippen molar-refractivity contribution in [3.05, 3.63) is 78.9 Å². The van der Waals surface area contributed by atoms with Crippen LogP contribution in [0, 0.1) is 0 Å². The van der Waals surface area contributed by atoms with E-state index in [4.69, 9.17) is 9.47 Å². The molecule has 222 valence electrons. The molecule has 0 amide bonds. The van der Waals surface area contributed by atoms with Crippen molar-refractivity contribution in [2.75, 3.05) is 27.4 Å². The molecule has 3 aromatic rings. The second kappa shape index (κ2) is 44.6. The first-order valence-electron chi connectivity index (χ1n) is 14.8. The van der Waals surface area contributed by atoms with E-state index in [2.05, 4.69) is 81.0 Å². The maximum Gasteiger partial charge on any atom is 0.119 e. The predicted molar refractivity (Wildman–Crippen MR) is 176 cm³/mol. The highest BCUT2D eigenvalue weighted by Crippen LogP contribution is 2.13. The predicted octanol–water partition coefficient (Wildman–Crippen LogP) is 11.5. The Hall–Kier alpha value is -2.36. The van der Waals surface area contributed by atoms with Crippen LogP contribution in [-0.2, 0) is 9.47 Å². The average Bonchev–Trinajstić information content (AvgIpc) is 3.83. The first kappa shape index (κ1) is 45.6. The minimum absolute atomic E-state index is 0.343. The third-order valence-electron chi connectivity index (χ3n) is 3.24. The lowest BCUT2D eigenvalue weighted by Gasteiger charge is -2.01. The molecule has 1 unspecified atom stereocenters. The number of ether oxygens (including phenoxy) is 3. The van der Waals surface area contributed by atoms with E-state index < -0.39 is 0 Å². The number of rotatable bonds is 3. The number of benzene rings is 3. The highest BCUT2D eigenvalue weighted by atomic mass is 16.6. The quantitative estimate of drug-likeness (QED) is 0.314. The molecule has 0 aromatic heterocycles. The summed E-state index contributed by atoms with van der Waals surface area (Å²) >= 11 is 0. The Balaban J connectivity index is -0.000000123. The van der Waals surface area contributed by atoms with Crippen LogP contribution in [0.4, 0.5) is 0 Å². The molecule has 0 radical (unpaired) electrons. The summed E-state index contributed by atoms with van der Waals surface area (Å²) in [6, 6.07) is 26.5. The molecule has 1 saturated heterocycles. The van der Waals surface area contributed by atoms with Crippen molar-refractivity contribution in [1.82, 2.24) is 0 Å². The van der Waals surface area contributed by atoms with E-state index >= 15 is 0 Å². The Morgan fingerprint density at radius 3 is 1.11 bits per heavy atom. The van der Waals surface area contributed by atoms with E-state index in [9.17, 15) is 0 Å². The first-order valence-corrected chi connectivity index (χ1v) is 14.8. The fraction of sp³-hybridized carbons (Fsp3) is 0.543. The van der Waals surface area contributed by atoms with Gasteiger partial charge >= 0.3 is 0 Å². The fourth-order valence-electron chi connectivity index (χ4n) is 2.00. The number of fused-ring (bicyclic) bond motifs is 1. The third-order valence-corrected chi connectivity index (χ3v) is 3.24. The zero-order valence-corrected chi connectivity index (χ0v) is 27.6. The zero-order chi connectivity index (χ0) is 30.5. The second-order valence-corrected chi connectivity index (χ2v) is 6.75. The van der Waals surface area contributed by atoms with Crippen LogP contribution in [0.2, 0.25) is 0 Å². The summed E-state index contributed by atoms with van der Waals surface area (Å²) in [5.41, 5.74) is 0. The lowest BCUT2D eigenvalue weighted by atomic mass is 10.1. The van der Waals surface area contributed by atoms with Crippen molar-refractivity contribution in [1.29, 1.82) is 0 Å². The van der Waals surface area contributed by atoms with Gasteiger partial charge in [0, 0.05) is 14.2 Å². The van der Waals surface area contributed by atoms with Gasteiger partial charge in [-0.25, -0.2) is 0 Å². The fourth-order valence-corrected chi connectivity index (χ4v) is 2.00. The molecule has 3 aromatic carbocycles. The molecule has 3 heteroatoms. The van der Waals surface area contributed by atoms with Crippen LogP contribution >= 0.6 is 0 Å². The van der Waals surface area contributed by atoms with Gasteiger partial charge in [0.1, 0.15) is 18.5 Å². The van der Waals surface area contributed by atoms with Gasteiger partial charge in [-0.3, -0.25) is 0 Å². The number of epoxide rings is 1. The van der Waals surface area contributed by atoms with Gasteiger partial charge in [-0.2, -0.15) is 0 Å². The normalized spacial score (nSPS) is 10.8. The molecule has 0 saturated carbocycles. The van der Waals surface area contributed by atoms with Gasteiger partial charge in [-0.15, -0.1) is 0 Å². The maximum atomic E-state index is 5.40. The minimum Gasteiger partial charge on any atom is -0.491 e. The summed E-state index contributed by atoms with van der Waals surface area (Å²) in [7, 11) is 3.25. The summed E-state index contributed by atoms with van der Waals surface area (Å²) in [5.74, 6) is 0.919. The molecular formula is C35H64O3. The zero-order valence-electron chi connectivity index (χ0n) is 27.6. The van der Waals surface area contributed by atoms with E-state index in [0.29, 0.717) is 12.7 Å². The Morgan fingerprint density at radius 1 is 0.579 bits per heavy atom. The molecule has 1 heterocycles. The molecule has 4 rings (SSSR count). The smallest absolute Gasteiger partial charge is 0.119 e. The number of para-hydroxylation sites is 1. The summed E-state index contributed by atoms with van der Waals surface area (Å²) in [6.07, 6.45) is 2.84. The summed E-state index contributed by atoms with van der Waals surface area (Å²) in [4.78, 5) is 0. The lowest BCUT2D eigenvalue weighted by molar-refractivity contribution is 0.263. The SMILES string of the molecule is CC.CC.CC.CC.CCC.CCC.COC.c1ccc(OCC2CO2)cc1.c1ccc2ccccc2c1. The van der Waals surface area contributed by atoms with Gasteiger partial charge < -0.3 is 14.2 Å². The standard InChI is InChI=1S/C10H8.C9H10O2.2C3H8.C2H6O.4C2H6/c1-2-6-10-8-4-3-7-9(10)5-1;1-2-4-8(5-3-1)10-6-9-7-11-9;3*1-3-2;4*1-2/h1-8H;1-5,9H,6-7H2;2*3H2,1-2H3;1-2H3;4*1-2H3. The second-order valence-electron chi connectivity index (χ2n) is 6.75. The van der Waals surface area contributed by atoms with Crippen molar-refractivity contribution < 1.29 is 14.2 Å². The molecule has 0 spiro atoms. The van der Waals surface area contributed by atoms with Crippen LogP contribution in [0.1, 0.15) is 95.9 Å². The summed E-state index contributed by atoms with van der Waals surface area (Å²) in [5, 5.41) is 2.62. The van der Waals surface area contributed by atoms with Gasteiger partial charge in [0.25, 0.3) is 0 Å². The molecule has 3 nitrogen and oxygen atoms in total. The van der Waals surface area contributed by atoms with Crippen LogP contribution in [0.15, 0.2) is 78.9 Å². The van der Waals surface area contributed by atoms with Crippen LogP contribution in [0.25, 0.3) is 10.8 Å². The number of hydrogen-bond donors (Lipinski definition) is 0. The highest BCUT2D eigenvalue weighted by molar-refractivity contribution is 5.81. The third kappa shape index (κ3) is 35.8. The van der Waals surface area contributed by atoms with Crippen LogP contribution in [-0.4, -0.2) is 33.5 Å². The van der Waals surface area contributed by atoms with Crippen LogP contribution < -0.4 is 4.74 Å². The van der Waals surface area contributed by atoms with E-state index in [-0.39, 0.29) is 0 Å². The van der Waals surface area contributed by atoms with Crippen molar-refractivity contribution in [2.24, 2.45) is 0 Å². The van der Waals surface area contributed by atoms with E-state index in [1.807, 2.05) is 85.7 Å². The van der Waals surface area contributed by atoms with Crippen molar-refractivity contribution in [3.63, 3.8) is 0 Å². The maximum absolute atomic E-state index is 5.40. The first-order chi connectivity index (χ1) is 18.7. The van der Waals surface area contributed by atoms with Gasteiger partial charge in [-0.1, -0.05) is 163 Å². The molecular weight excluding hydrogens is 468 g/mol. The van der Waals surface area contributed by atoms with Crippen molar-refractivity contribution in [2.45, 2.75) is 102 Å². The van der Waals surface area contributed by atoms with E-state index in [1.165, 1.54) is 23.6 Å². The van der Waals surface area contributed by atoms with Gasteiger partial charge in [0.15, 0.2) is 0 Å². The van der Waals surface area contributed by atoms with Crippen LogP contribution in [0.5, 0.6) is 5.75 Å². The summed E-state index contributed by atoms with van der Waals surface area (Å²) in [6.45, 7) is 26.0. The molecule has 0 N–H and O–H groups in total. The monoisotopic (exact) mass is 532 g/mol. The minimum atomic E-state index is 0.343. The highest BCUT2D eigenvalue weighted by Gasteiger charge is 2.22. The Bertz CT molecular complexity index is 655. The topological polar surface area (TPSA) is 31.0 Å². The number of methoxy groups -OCH3 is 1. The van der Waals surface area contributed by atoms with Gasteiger partial charge in [-0.05, 0) is 22.9 Å². The number of hydrogen-bond acceptors (Lipinski definition) is 3. The largest absolute Gasteiger partial charge is 0.491 e. The Kier molecular flexibility index (Phi) is 53.5. The van der Waals surface area contributed by atoms with Gasteiger partial charge in [0.05, 0.1) is 6.61 Å². The molecule has 0 aliphatic carbocycles. The van der Waals surface area contributed by atoms with Crippen molar-refractivity contribution >= 4 is 10.8 Å². The van der Waals surface area contributed by atoms with Crippen molar-refractivity contribution in [3.8, 4) is 5.75 Å².